The van der Waals surface area contributed by atoms with E-state index in [2.05, 4.69) is 10.6 Å². The number of carbonyl (C=O) groups excluding carboxylic acids is 2. The predicted octanol–water partition coefficient (Wildman–Crippen LogP) is 0.784. The molecule has 1 aromatic carbocycles. The van der Waals surface area contributed by atoms with Crippen molar-refractivity contribution in [1.82, 2.24) is 5.32 Å². The summed E-state index contributed by atoms with van der Waals surface area (Å²) in [6, 6.07) is 5.00. The molecule has 0 bridgehead atoms. The lowest BCUT2D eigenvalue weighted by atomic mass is 10.1. The first kappa shape index (κ1) is 12.6. The zero-order valence-electron chi connectivity index (χ0n) is 10.3. The van der Waals surface area contributed by atoms with Crippen molar-refractivity contribution >= 4 is 17.5 Å². The van der Waals surface area contributed by atoms with Crippen LogP contribution in [0.4, 0.5) is 5.69 Å². The number of hydrogen-bond acceptors (Lipinski definition) is 3. The lowest BCUT2D eigenvalue weighted by molar-refractivity contribution is -0.117. The third-order valence-corrected chi connectivity index (χ3v) is 3.23. The van der Waals surface area contributed by atoms with Gasteiger partial charge in [0.15, 0.2) is 0 Å². The summed E-state index contributed by atoms with van der Waals surface area (Å²) in [5.74, 6) is -0.542. The first-order chi connectivity index (χ1) is 8.59. The Labute approximate surface area is 106 Å². The van der Waals surface area contributed by atoms with Crippen molar-refractivity contribution in [1.29, 1.82) is 0 Å². The molecule has 1 fully saturated rings. The largest absolute Gasteiger partial charge is 0.366 e. The second-order valence-electron chi connectivity index (χ2n) is 4.48. The van der Waals surface area contributed by atoms with Gasteiger partial charge in [0.05, 0.1) is 6.04 Å². The summed E-state index contributed by atoms with van der Waals surface area (Å²) in [5.41, 5.74) is 7.06. The molecule has 5 heteroatoms. The fourth-order valence-corrected chi connectivity index (χ4v) is 2.17. The van der Waals surface area contributed by atoms with Gasteiger partial charge >= 0.3 is 0 Å². The van der Waals surface area contributed by atoms with Crippen LogP contribution in [0.15, 0.2) is 18.2 Å². The number of nitrogens with one attached hydrogen (secondary N) is 2. The van der Waals surface area contributed by atoms with Gasteiger partial charge in [0.1, 0.15) is 0 Å². The molecule has 1 aliphatic heterocycles. The Morgan fingerprint density at radius 1 is 1.44 bits per heavy atom. The monoisotopic (exact) mass is 247 g/mol. The van der Waals surface area contributed by atoms with E-state index >= 15 is 0 Å². The van der Waals surface area contributed by atoms with E-state index in [9.17, 15) is 9.59 Å². The van der Waals surface area contributed by atoms with Gasteiger partial charge in [0.25, 0.3) is 0 Å². The summed E-state index contributed by atoms with van der Waals surface area (Å²) in [5, 5.41) is 5.97. The maximum Gasteiger partial charge on any atom is 0.249 e. The van der Waals surface area contributed by atoms with Crippen LogP contribution in [0.25, 0.3) is 0 Å². The summed E-state index contributed by atoms with van der Waals surface area (Å²) >= 11 is 0. The standard InChI is InChI=1S/C13H17N3O2/c1-8-9(12(14)17)4-2-5-10(8)16-13(18)11-6-3-7-15-11/h2,4-5,11,15H,3,6-7H2,1H3,(H2,14,17)(H,16,18)/t11-/m1/s1. The number of amides is 2. The molecule has 0 aliphatic carbocycles. The minimum atomic E-state index is -0.484. The molecule has 0 spiro atoms. The number of rotatable bonds is 3. The smallest absolute Gasteiger partial charge is 0.249 e. The number of benzene rings is 1. The Hall–Kier alpha value is -1.88. The number of nitrogens with two attached hydrogens (primary N) is 1. The number of primary amides is 1. The molecule has 0 aromatic heterocycles. The van der Waals surface area contributed by atoms with Crippen LogP contribution in [0.2, 0.25) is 0 Å². The maximum absolute atomic E-state index is 12.0. The Morgan fingerprint density at radius 3 is 2.83 bits per heavy atom. The Kier molecular flexibility index (Phi) is 3.62. The van der Waals surface area contributed by atoms with Gasteiger partial charge in [-0.05, 0) is 44.0 Å². The average Bonchev–Trinajstić information content (AvgIpc) is 2.85. The van der Waals surface area contributed by atoms with E-state index in [0.29, 0.717) is 16.8 Å². The number of hydrogen-bond donors (Lipinski definition) is 3. The molecule has 1 atom stereocenters. The highest BCUT2D eigenvalue weighted by Gasteiger charge is 2.22. The SMILES string of the molecule is Cc1c(NC(=O)[C@H]2CCCN2)cccc1C(N)=O. The van der Waals surface area contributed by atoms with Gasteiger partial charge < -0.3 is 16.4 Å². The molecule has 1 aliphatic rings. The molecule has 96 valence electrons. The van der Waals surface area contributed by atoms with E-state index < -0.39 is 5.91 Å². The molecular formula is C13H17N3O2. The molecule has 2 rings (SSSR count). The zero-order chi connectivity index (χ0) is 13.1. The van der Waals surface area contributed by atoms with Crippen LogP contribution >= 0.6 is 0 Å². The van der Waals surface area contributed by atoms with E-state index in [4.69, 9.17) is 5.73 Å². The molecule has 4 N–H and O–H groups in total. The number of carbonyl (C=O) groups is 2. The van der Waals surface area contributed by atoms with E-state index in [0.717, 1.165) is 19.4 Å². The van der Waals surface area contributed by atoms with Crippen LogP contribution in [-0.4, -0.2) is 24.4 Å². The molecular weight excluding hydrogens is 230 g/mol. The van der Waals surface area contributed by atoms with Crippen LogP contribution in [0.5, 0.6) is 0 Å². The third kappa shape index (κ3) is 2.51. The van der Waals surface area contributed by atoms with E-state index in [1.807, 2.05) is 0 Å². The highest BCUT2D eigenvalue weighted by molar-refractivity contribution is 5.99. The van der Waals surface area contributed by atoms with Crippen molar-refractivity contribution in [3.8, 4) is 0 Å². The normalized spacial score (nSPS) is 18.6. The fourth-order valence-electron chi connectivity index (χ4n) is 2.17. The van der Waals surface area contributed by atoms with Gasteiger partial charge in [0, 0.05) is 11.3 Å². The zero-order valence-corrected chi connectivity index (χ0v) is 10.3. The van der Waals surface area contributed by atoms with Crippen LogP contribution in [0, 0.1) is 6.92 Å². The predicted molar refractivity (Wildman–Crippen MR) is 69.4 cm³/mol. The lowest BCUT2D eigenvalue weighted by Crippen LogP contribution is -2.35. The van der Waals surface area contributed by atoms with Gasteiger partial charge in [-0.25, -0.2) is 0 Å². The molecule has 1 aromatic rings. The summed E-state index contributed by atoms with van der Waals surface area (Å²) < 4.78 is 0. The summed E-state index contributed by atoms with van der Waals surface area (Å²) in [6.45, 7) is 2.65. The molecule has 0 saturated carbocycles. The molecule has 2 amide bonds. The first-order valence-electron chi connectivity index (χ1n) is 6.03. The van der Waals surface area contributed by atoms with Gasteiger partial charge in [-0.15, -0.1) is 0 Å². The van der Waals surface area contributed by atoms with E-state index in [1.54, 1.807) is 25.1 Å². The van der Waals surface area contributed by atoms with E-state index in [-0.39, 0.29) is 11.9 Å². The highest BCUT2D eigenvalue weighted by Crippen LogP contribution is 2.19. The molecule has 0 unspecified atom stereocenters. The van der Waals surface area contributed by atoms with Crippen LogP contribution in [0.3, 0.4) is 0 Å². The molecule has 1 saturated heterocycles. The van der Waals surface area contributed by atoms with Gasteiger partial charge in [-0.1, -0.05) is 6.07 Å². The minimum absolute atomic E-state index is 0.0581. The van der Waals surface area contributed by atoms with Crippen molar-refractivity contribution in [2.24, 2.45) is 5.73 Å². The third-order valence-electron chi connectivity index (χ3n) is 3.23. The van der Waals surface area contributed by atoms with Crippen LogP contribution in [0.1, 0.15) is 28.8 Å². The lowest BCUT2D eigenvalue weighted by Gasteiger charge is -2.14. The van der Waals surface area contributed by atoms with Crippen LogP contribution < -0.4 is 16.4 Å². The molecule has 18 heavy (non-hydrogen) atoms. The van der Waals surface area contributed by atoms with Gasteiger partial charge in [-0.2, -0.15) is 0 Å². The summed E-state index contributed by atoms with van der Waals surface area (Å²) in [6.07, 6.45) is 1.86. The summed E-state index contributed by atoms with van der Waals surface area (Å²) in [4.78, 5) is 23.2. The van der Waals surface area contributed by atoms with Gasteiger partial charge in [-0.3, -0.25) is 9.59 Å². The number of anilines is 1. The van der Waals surface area contributed by atoms with Crippen molar-refractivity contribution in [2.45, 2.75) is 25.8 Å². The second-order valence-corrected chi connectivity index (χ2v) is 4.48. The average molecular weight is 247 g/mol. The summed E-state index contributed by atoms with van der Waals surface area (Å²) in [7, 11) is 0. The highest BCUT2D eigenvalue weighted by atomic mass is 16.2. The van der Waals surface area contributed by atoms with Crippen molar-refractivity contribution in [3.63, 3.8) is 0 Å². The molecule has 0 radical (unpaired) electrons. The Morgan fingerprint density at radius 2 is 2.22 bits per heavy atom. The Balaban J connectivity index is 2.16. The quantitative estimate of drug-likeness (QED) is 0.738. The van der Waals surface area contributed by atoms with Crippen molar-refractivity contribution in [2.75, 3.05) is 11.9 Å². The van der Waals surface area contributed by atoms with Gasteiger partial charge in [0.2, 0.25) is 11.8 Å². The topological polar surface area (TPSA) is 84.2 Å². The molecule has 1 heterocycles. The Bertz CT molecular complexity index is 479. The minimum Gasteiger partial charge on any atom is -0.366 e. The van der Waals surface area contributed by atoms with Crippen LogP contribution in [-0.2, 0) is 4.79 Å². The van der Waals surface area contributed by atoms with Crippen molar-refractivity contribution in [3.05, 3.63) is 29.3 Å². The maximum atomic E-state index is 12.0. The second kappa shape index (κ2) is 5.18. The van der Waals surface area contributed by atoms with E-state index in [1.165, 1.54) is 0 Å². The first-order valence-corrected chi connectivity index (χ1v) is 6.03. The van der Waals surface area contributed by atoms with Crippen molar-refractivity contribution < 1.29 is 9.59 Å². The fraction of sp³-hybridized carbons (Fsp3) is 0.385. The molecule has 5 nitrogen and oxygen atoms in total.